The number of hydrogen-bond acceptors (Lipinski definition) is 2. The van der Waals surface area contributed by atoms with E-state index in [-0.39, 0.29) is 0 Å². The average molecular weight is 303 g/mol. The molecule has 23 heavy (non-hydrogen) atoms. The molecule has 4 rings (SSSR count). The lowest BCUT2D eigenvalue weighted by Gasteiger charge is -2.19. The SMILES string of the molecule is O[C@@]1(c2ccccc2)CN(Cc2ccccc2)c2cccc[n+]21. The van der Waals surface area contributed by atoms with Gasteiger partial charge in [-0.15, -0.1) is 0 Å². The molecule has 1 aliphatic heterocycles. The van der Waals surface area contributed by atoms with Crippen molar-refractivity contribution in [3.8, 4) is 0 Å². The van der Waals surface area contributed by atoms with E-state index < -0.39 is 5.72 Å². The molecule has 0 fully saturated rings. The number of aliphatic hydroxyl groups is 1. The summed E-state index contributed by atoms with van der Waals surface area (Å²) in [6, 6.07) is 26.3. The summed E-state index contributed by atoms with van der Waals surface area (Å²) in [4.78, 5) is 2.22. The van der Waals surface area contributed by atoms with Crippen molar-refractivity contribution in [1.29, 1.82) is 0 Å². The summed E-state index contributed by atoms with van der Waals surface area (Å²) >= 11 is 0. The van der Waals surface area contributed by atoms with Gasteiger partial charge < -0.3 is 5.11 Å². The zero-order chi connectivity index (χ0) is 15.7. The zero-order valence-corrected chi connectivity index (χ0v) is 12.8. The Morgan fingerprint density at radius 1 is 0.870 bits per heavy atom. The summed E-state index contributed by atoms with van der Waals surface area (Å²) in [5, 5.41) is 11.4. The lowest BCUT2D eigenvalue weighted by atomic mass is 10.0. The minimum absolute atomic E-state index is 0.538. The van der Waals surface area contributed by atoms with Crippen LogP contribution in [0, 0.1) is 0 Å². The molecule has 0 spiro atoms. The highest BCUT2D eigenvalue weighted by Gasteiger charge is 2.49. The molecule has 3 heteroatoms. The predicted molar refractivity (Wildman–Crippen MR) is 89.9 cm³/mol. The smallest absolute Gasteiger partial charge is 0.279 e. The van der Waals surface area contributed by atoms with E-state index in [1.54, 1.807) is 0 Å². The number of anilines is 1. The highest BCUT2D eigenvalue weighted by molar-refractivity contribution is 5.40. The van der Waals surface area contributed by atoms with E-state index in [1.807, 2.05) is 71.4 Å². The second-order valence-electron chi connectivity index (χ2n) is 5.95. The Kier molecular flexibility index (Phi) is 3.36. The monoisotopic (exact) mass is 303 g/mol. The molecule has 0 saturated heterocycles. The Morgan fingerprint density at radius 2 is 1.52 bits per heavy atom. The largest absolute Gasteiger partial charge is 0.346 e. The van der Waals surface area contributed by atoms with Gasteiger partial charge in [0.1, 0.15) is 6.54 Å². The fourth-order valence-corrected chi connectivity index (χ4v) is 3.30. The third-order valence-corrected chi connectivity index (χ3v) is 4.42. The first-order valence-electron chi connectivity index (χ1n) is 7.85. The zero-order valence-electron chi connectivity index (χ0n) is 12.8. The Morgan fingerprint density at radius 3 is 2.26 bits per heavy atom. The highest BCUT2D eigenvalue weighted by atomic mass is 16.3. The van der Waals surface area contributed by atoms with Crippen LogP contribution < -0.4 is 9.47 Å². The number of nitrogens with zero attached hydrogens (tertiary/aromatic N) is 2. The Balaban J connectivity index is 1.75. The Labute approximate surface area is 136 Å². The lowest BCUT2D eigenvalue weighted by molar-refractivity contribution is -0.770. The van der Waals surface area contributed by atoms with E-state index in [9.17, 15) is 5.11 Å². The van der Waals surface area contributed by atoms with Gasteiger partial charge in [0.25, 0.3) is 11.5 Å². The maximum absolute atomic E-state index is 11.4. The molecule has 114 valence electrons. The van der Waals surface area contributed by atoms with Crippen LogP contribution >= 0.6 is 0 Å². The molecular weight excluding hydrogens is 284 g/mol. The molecule has 1 aliphatic rings. The van der Waals surface area contributed by atoms with E-state index in [1.165, 1.54) is 5.56 Å². The fourth-order valence-electron chi connectivity index (χ4n) is 3.30. The van der Waals surface area contributed by atoms with E-state index in [2.05, 4.69) is 23.1 Å². The van der Waals surface area contributed by atoms with Crippen LogP contribution in [0.2, 0.25) is 0 Å². The number of rotatable bonds is 3. The molecule has 0 amide bonds. The molecular formula is C20H19N2O+. The first-order chi connectivity index (χ1) is 11.3. The second kappa shape index (κ2) is 5.52. The maximum Gasteiger partial charge on any atom is 0.279 e. The Hall–Kier alpha value is -2.65. The van der Waals surface area contributed by atoms with Gasteiger partial charge in [0.2, 0.25) is 0 Å². The van der Waals surface area contributed by atoms with E-state index in [4.69, 9.17) is 0 Å². The summed E-state index contributed by atoms with van der Waals surface area (Å²) in [5.74, 6) is 1.03. The van der Waals surface area contributed by atoms with Crippen LogP contribution in [0.4, 0.5) is 5.82 Å². The van der Waals surface area contributed by atoms with Crippen LogP contribution in [0.15, 0.2) is 85.1 Å². The number of benzene rings is 2. The Bertz CT molecular complexity index is 804. The fraction of sp³-hybridized carbons (Fsp3) is 0.150. The van der Waals surface area contributed by atoms with Gasteiger partial charge in [-0.05, 0) is 11.6 Å². The van der Waals surface area contributed by atoms with Gasteiger partial charge >= 0.3 is 0 Å². The molecule has 1 N–H and O–H groups in total. The van der Waals surface area contributed by atoms with Gasteiger partial charge in [-0.1, -0.05) is 66.7 Å². The molecule has 0 unspecified atom stereocenters. The first kappa shape index (κ1) is 14.0. The van der Waals surface area contributed by atoms with Gasteiger partial charge in [0, 0.05) is 11.6 Å². The summed E-state index contributed by atoms with van der Waals surface area (Å²) in [6.45, 7) is 1.32. The highest BCUT2D eigenvalue weighted by Crippen LogP contribution is 2.30. The minimum atomic E-state index is -1.04. The van der Waals surface area contributed by atoms with Crippen LogP contribution in [0.3, 0.4) is 0 Å². The first-order valence-corrected chi connectivity index (χ1v) is 7.85. The van der Waals surface area contributed by atoms with Gasteiger partial charge in [-0.3, -0.25) is 0 Å². The maximum atomic E-state index is 11.4. The number of hydrogen-bond donors (Lipinski definition) is 1. The lowest BCUT2D eigenvalue weighted by Crippen LogP contribution is -2.55. The van der Waals surface area contributed by atoms with Crippen molar-refractivity contribution in [2.24, 2.45) is 0 Å². The normalized spacial score (nSPS) is 19.6. The quantitative estimate of drug-likeness (QED) is 0.753. The van der Waals surface area contributed by atoms with Crippen LogP contribution in [0.1, 0.15) is 11.1 Å². The molecule has 2 heterocycles. The van der Waals surface area contributed by atoms with Crippen LogP contribution in [-0.4, -0.2) is 11.7 Å². The van der Waals surface area contributed by atoms with Crippen molar-refractivity contribution >= 4 is 5.82 Å². The van der Waals surface area contributed by atoms with Crippen LogP contribution in [-0.2, 0) is 12.3 Å². The van der Waals surface area contributed by atoms with Gasteiger partial charge in [0.15, 0.2) is 6.54 Å². The minimum Gasteiger partial charge on any atom is -0.346 e. The summed E-state index contributed by atoms with van der Waals surface area (Å²) in [7, 11) is 0. The third kappa shape index (κ3) is 2.39. The molecule has 0 bridgehead atoms. The summed E-state index contributed by atoms with van der Waals surface area (Å²) in [6.07, 6.45) is 1.95. The van der Waals surface area contributed by atoms with Gasteiger partial charge in [0.05, 0.1) is 6.20 Å². The number of β-amino-alcohol motifs (C(OH)–C–C–N with tert-alkyl or cyclic N) is 1. The third-order valence-electron chi connectivity index (χ3n) is 4.42. The standard InChI is InChI=1S/C20H19N2O/c23-20(18-11-5-2-6-12-18)16-21(15-17-9-3-1-4-10-17)19-13-7-8-14-22(19)20/h1-14,23H,15-16H2/q+1/t20-/m1/s1. The molecule has 0 saturated carbocycles. The molecule has 1 aromatic heterocycles. The molecule has 2 aromatic carbocycles. The summed E-state index contributed by atoms with van der Waals surface area (Å²) < 4.78 is 1.96. The van der Waals surface area contributed by atoms with Crippen molar-refractivity contribution in [2.45, 2.75) is 12.3 Å². The van der Waals surface area contributed by atoms with Crippen molar-refractivity contribution in [2.75, 3.05) is 11.4 Å². The molecule has 1 atom stereocenters. The van der Waals surface area contributed by atoms with E-state index >= 15 is 0 Å². The summed E-state index contributed by atoms with van der Waals surface area (Å²) in [5.41, 5.74) is 1.11. The second-order valence-corrected chi connectivity index (χ2v) is 5.95. The molecule has 3 aromatic rings. The van der Waals surface area contributed by atoms with Gasteiger partial charge in [-0.2, -0.15) is 4.57 Å². The topological polar surface area (TPSA) is 27.3 Å². The van der Waals surface area contributed by atoms with Crippen LogP contribution in [0.5, 0.6) is 0 Å². The number of pyridine rings is 1. The molecule has 0 radical (unpaired) electrons. The van der Waals surface area contributed by atoms with Gasteiger partial charge in [-0.25, -0.2) is 4.90 Å². The number of aromatic nitrogens is 1. The van der Waals surface area contributed by atoms with E-state index in [0.29, 0.717) is 6.54 Å². The van der Waals surface area contributed by atoms with Crippen molar-refractivity contribution in [3.63, 3.8) is 0 Å². The number of fused-ring (bicyclic) bond motifs is 1. The molecule has 3 nitrogen and oxygen atoms in total. The predicted octanol–water partition coefficient (Wildman–Crippen LogP) is 2.69. The van der Waals surface area contributed by atoms with Crippen molar-refractivity contribution in [3.05, 3.63) is 96.2 Å². The van der Waals surface area contributed by atoms with E-state index in [0.717, 1.165) is 17.9 Å². The van der Waals surface area contributed by atoms with Crippen molar-refractivity contribution in [1.82, 2.24) is 0 Å². The van der Waals surface area contributed by atoms with Crippen LogP contribution in [0.25, 0.3) is 0 Å². The average Bonchev–Trinajstić information content (AvgIpc) is 2.91. The molecule has 0 aliphatic carbocycles. The van der Waals surface area contributed by atoms with Crippen molar-refractivity contribution < 1.29 is 9.67 Å².